The van der Waals surface area contributed by atoms with Crippen LogP contribution in [0.4, 0.5) is 0 Å². The normalized spacial score (nSPS) is 12.5. The topological polar surface area (TPSA) is 34.4 Å². The molecule has 6 heteroatoms. The van der Waals surface area contributed by atoms with Crippen molar-refractivity contribution < 1.29 is 4.79 Å². The molecule has 28 heavy (non-hydrogen) atoms. The van der Waals surface area contributed by atoms with Gasteiger partial charge in [-0.05, 0) is 36.1 Å². The summed E-state index contributed by atoms with van der Waals surface area (Å²) in [5, 5.41) is 1.41. The number of rotatable bonds is 4. The van der Waals surface area contributed by atoms with Crippen molar-refractivity contribution in [1.29, 1.82) is 0 Å². The number of aromatic nitrogens is 1. The molecule has 0 atom stereocenters. The number of hydrogen-bond acceptors (Lipinski definition) is 3. The molecule has 144 valence electrons. The first-order valence-corrected chi connectivity index (χ1v) is 11.4. The lowest BCUT2D eigenvalue weighted by Gasteiger charge is -2.06. The van der Waals surface area contributed by atoms with Gasteiger partial charge in [0.15, 0.2) is 4.80 Å². The second-order valence-corrected chi connectivity index (χ2v) is 9.52. The van der Waals surface area contributed by atoms with Crippen LogP contribution in [0, 0.1) is 0 Å². The summed E-state index contributed by atoms with van der Waals surface area (Å²) < 4.78 is 4.31. The van der Waals surface area contributed by atoms with Gasteiger partial charge in [0, 0.05) is 16.6 Å². The fourth-order valence-corrected chi connectivity index (χ4v) is 5.76. The van der Waals surface area contributed by atoms with Crippen LogP contribution >= 0.6 is 34.3 Å². The smallest absolute Gasteiger partial charge is 0.291 e. The molecule has 0 aliphatic carbocycles. The summed E-state index contributed by atoms with van der Waals surface area (Å²) in [6.07, 6.45) is 0.975. The Bertz CT molecular complexity index is 1250. The molecule has 3 nitrogen and oxygen atoms in total. The van der Waals surface area contributed by atoms with Crippen molar-refractivity contribution in [2.45, 2.75) is 39.7 Å². The Balaban J connectivity index is 1.86. The van der Waals surface area contributed by atoms with Crippen molar-refractivity contribution in [1.82, 2.24) is 4.57 Å². The molecule has 2 aromatic heterocycles. The summed E-state index contributed by atoms with van der Waals surface area (Å²) in [6.45, 7) is 7.33. The highest BCUT2D eigenvalue weighted by Crippen LogP contribution is 2.35. The molecule has 0 saturated carbocycles. The molecule has 2 aromatic carbocycles. The summed E-state index contributed by atoms with van der Waals surface area (Å²) in [4.78, 5) is 18.7. The van der Waals surface area contributed by atoms with Gasteiger partial charge < -0.3 is 4.57 Å². The van der Waals surface area contributed by atoms with E-state index in [1.807, 2.05) is 24.3 Å². The van der Waals surface area contributed by atoms with Crippen molar-refractivity contribution in [3.05, 3.63) is 62.7 Å². The summed E-state index contributed by atoms with van der Waals surface area (Å²) in [5.74, 6) is 0.192. The summed E-state index contributed by atoms with van der Waals surface area (Å²) in [6, 6.07) is 14.3. The molecular weight excluding hydrogens is 408 g/mol. The number of hydrogen-bond donors (Lipinski definition) is 0. The number of carbonyl (C=O) groups excluding carboxylic acids is 1. The number of carbonyl (C=O) groups is 1. The molecule has 4 rings (SSSR count). The van der Waals surface area contributed by atoms with Crippen LogP contribution in [0.2, 0.25) is 5.02 Å². The zero-order valence-corrected chi connectivity index (χ0v) is 18.4. The average Bonchev–Trinajstić information content (AvgIpc) is 3.20. The third kappa shape index (κ3) is 3.43. The van der Waals surface area contributed by atoms with E-state index in [-0.39, 0.29) is 5.91 Å². The minimum atomic E-state index is -0.272. The molecule has 0 saturated heterocycles. The van der Waals surface area contributed by atoms with Crippen LogP contribution in [0.1, 0.15) is 48.3 Å². The number of thiazole rings is 1. The van der Waals surface area contributed by atoms with Crippen molar-refractivity contribution in [3.63, 3.8) is 0 Å². The van der Waals surface area contributed by atoms with Crippen molar-refractivity contribution >= 4 is 60.5 Å². The molecule has 0 N–H and O–H groups in total. The van der Waals surface area contributed by atoms with Crippen LogP contribution in [-0.4, -0.2) is 10.5 Å². The van der Waals surface area contributed by atoms with E-state index in [0.717, 1.165) is 38.1 Å². The van der Waals surface area contributed by atoms with Crippen LogP contribution < -0.4 is 4.80 Å². The van der Waals surface area contributed by atoms with Gasteiger partial charge in [-0.3, -0.25) is 4.79 Å². The summed E-state index contributed by atoms with van der Waals surface area (Å²) >= 11 is 9.45. The van der Waals surface area contributed by atoms with E-state index in [2.05, 4.69) is 48.5 Å². The van der Waals surface area contributed by atoms with Crippen LogP contribution in [0.5, 0.6) is 0 Å². The molecule has 4 aromatic rings. The second-order valence-electron chi connectivity index (χ2n) is 7.08. The molecule has 0 bridgehead atoms. The van der Waals surface area contributed by atoms with Crippen molar-refractivity contribution in [2.24, 2.45) is 4.99 Å². The maximum atomic E-state index is 13.0. The van der Waals surface area contributed by atoms with Gasteiger partial charge in [0.1, 0.15) is 4.88 Å². The predicted molar refractivity (Wildman–Crippen MR) is 121 cm³/mol. The largest absolute Gasteiger partial charge is 0.316 e. The maximum Gasteiger partial charge on any atom is 0.291 e. The first kappa shape index (κ1) is 19.4. The van der Waals surface area contributed by atoms with Gasteiger partial charge in [-0.1, -0.05) is 68.0 Å². The Morgan fingerprint density at radius 3 is 2.64 bits per heavy atom. The van der Waals surface area contributed by atoms with E-state index in [1.165, 1.54) is 16.9 Å². The second kappa shape index (κ2) is 7.82. The Hall–Kier alpha value is -1.95. The molecule has 0 radical (unpaired) electrons. The number of aryl methyl sites for hydroxylation is 1. The third-order valence-corrected chi connectivity index (χ3v) is 7.45. The number of benzene rings is 2. The van der Waals surface area contributed by atoms with Gasteiger partial charge in [-0.15, -0.1) is 11.3 Å². The molecule has 0 spiro atoms. The molecule has 0 aliphatic rings. The minimum Gasteiger partial charge on any atom is -0.316 e. The number of amides is 1. The zero-order valence-electron chi connectivity index (χ0n) is 16.0. The lowest BCUT2D eigenvalue weighted by atomic mass is 10.0. The number of fused-ring (bicyclic) bond motifs is 2. The van der Waals surface area contributed by atoms with Crippen LogP contribution in [0.25, 0.3) is 20.3 Å². The number of thiophene rings is 1. The van der Waals surface area contributed by atoms with Gasteiger partial charge in [-0.25, -0.2) is 0 Å². The first-order chi connectivity index (χ1) is 13.5. The maximum absolute atomic E-state index is 13.0. The van der Waals surface area contributed by atoms with E-state index in [9.17, 15) is 4.79 Å². The Labute approximate surface area is 176 Å². The van der Waals surface area contributed by atoms with Gasteiger partial charge in [0.25, 0.3) is 5.91 Å². The fraction of sp³-hybridized carbons (Fsp3) is 0.273. The quantitative estimate of drug-likeness (QED) is 0.350. The summed E-state index contributed by atoms with van der Waals surface area (Å²) in [5.41, 5.74) is 2.42. The van der Waals surface area contributed by atoms with Gasteiger partial charge in [-0.2, -0.15) is 4.99 Å². The Morgan fingerprint density at radius 2 is 1.93 bits per heavy atom. The van der Waals surface area contributed by atoms with Gasteiger partial charge in [0.2, 0.25) is 0 Å². The van der Waals surface area contributed by atoms with Crippen molar-refractivity contribution in [3.8, 4) is 0 Å². The van der Waals surface area contributed by atoms with Gasteiger partial charge >= 0.3 is 0 Å². The SMILES string of the molecule is CCCn1c(=NC(=O)c2sc3ccccc3c2Cl)sc2cc(C(C)C)ccc21. The van der Waals surface area contributed by atoms with E-state index >= 15 is 0 Å². The lowest BCUT2D eigenvalue weighted by Crippen LogP contribution is -2.16. The number of nitrogens with zero attached hydrogens (tertiary/aromatic N) is 2. The third-order valence-electron chi connectivity index (χ3n) is 4.75. The standard InChI is InChI=1S/C22H21ClN2OS2/c1-4-11-25-16-10-9-14(13(2)3)12-18(16)28-22(25)24-21(26)20-19(23)15-7-5-6-8-17(15)27-20/h5-10,12-13H,4,11H2,1-3H3. The van der Waals surface area contributed by atoms with E-state index in [4.69, 9.17) is 11.6 Å². The van der Waals surface area contributed by atoms with E-state index in [1.54, 1.807) is 11.3 Å². The van der Waals surface area contributed by atoms with Gasteiger partial charge in [0.05, 0.1) is 15.2 Å². The highest BCUT2D eigenvalue weighted by Gasteiger charge is 2.17. The predicted octanol–water partition coefficient (Wildman–Crippen LogP) is 6.85. The monoisotopic (exact) mass is 428 g/mol. The number of halogens is 1. The van der Waals surface area contributed by atoms with Crippen LogP contribution in [-0.2, 0) is 6.54 Å². The molecule has 0 aliphatic heterocycles. The Kier molecular flexibility index (Phi) is 5.41. The molecule has 2 heterocycles. The van der Waals surface area contributed by atoms with E-state index < -0.39 is 0 Å². The van der Waals surface area contributed by atoms with Crippen LogP contribution in [0.3, 0.4) is 0 Å². The summed E-state index contributed by atoms with van der Waals surface area (Å²) in [7, 11) is 0. The van der Waals surface area contributed by atoms with Crippen LogP contribution in [0.15, 0.2) is 47.5 Å². The molecule has 1 amide bonds. The highest BCUT2D eigenvalue weighted by atomic mass is 35.5. The zero-order chi connectivity index (χ0) is 19.8. The van der Waals surface area contributed by atoms with Crippen molar-refractivity contribution in [2.75, 3.05) is 0 Å². The molecule has 0 unspecified atom stereocenters. The molecule has 0 fully saturated rings. The van der Waals surface area contributed by atoms with E-state index in [0.29, 0.717) is 15.8 Å². The average molecular weight is 429 g/mol. The minimum absolute atomic E-state index is 0.272. The fourth-order valence-electron chi connectivity index (χ4n) is 3.26. The lowest BCUT2D eigenvalue weighted by molar-refractivity contribution is 0.100. The molecular formula is C22H21ClN2OS2. The highest BCUT2D eigenvalue weighted by molar-refractivity contribution is 7.21. The first-order valence-electron chi connectivity index (χ1n) is 9.39. The Morgan fingerprint density at radius 1 is 1.14 bits per heavy atom.